The third-order valence-electron chi connectivity index (χ3n) is 3.71. The van der Waals surface area contributed by atoms with Crippen LogP contribution in [-0.2, 0) is 17.1 Å². The Hall–Kier alpha value is -3.27. The maximum absolute atomic E-state index is 12.7. The molecule has 0 saturated heterocycles. The molecule has 0 bridgehead atoms. The van der Waals surface area contributed by atoms with Crippen LogP contribution in [0, 0.1) is 0 Å². The van der Waals surface area contributed by atoms with Gasteiger partial charge in [-0.25, -0.2) is 13.4 Å². The number of aryl methyl sites for hydroxylation is 1. The third-order valence-corrected chi connectivity index (χ3v) is 5.06. The van der Waals surface area contributed by atoms with Gasteiger partial charge in [-0.05, 0) is 18.2 Å². The second-order valence-corrected chi connectivity index (χ2v) is 7.01. The van der Waals surface area contributed by atoms with E-state index >= 15 is 0 Å². The Morgan fingerprint density at radius 1 is 1.12 bits per heavy atom. The van der Waals surface area contributed by atoms with Crippen LogP contribution in [0.1, 0.15) is 0 Å². The molecule has 0 saturated carbocycles. The van der Waals surface area contributed by atoms with Crippen LogP contribution in [0.3, 0.4) is 0 Å². The summed E-state index contributed by atoms with van der Waals surface area (Å²) >= 11 is 0. The first kappa shape index (κ1) is 15.3. The predicted molar refractivity (Wildman–Crippen MR) is 91.1 cm³/mol. The van der Waals surface area contributed by atoms with Crippen LogP contribution in [0.15, 0.2) is 53.9 Å². The quantitative estimate of drug-likeness (QED) is 0.573. The van der Waals surface area contributed by atoms with E-state index in [1.807, 2.05) is 6.07 Å². The molecule has 2 N–H and O–H groups in total. The largest absolute Gasteiger partial charge is 0.277 e. The molecule has 4 rings (SSSR count). The summed E-state index contributed by atoms with van der Waals surface area (Å²) in [6.45, 7) is 0. The first-order valence-electron chi connectivity index (χ1n) is 7.30. The molecule has 9 nitrogen and oxygen atoms in total. The Morgan fingerprint density at radius 2 is 2.00 bits per heavy atom. The van der Waals surface area contributed by atoms with Crippen LogP contribution < -0.4 is 4.72 Å². The van der Waals surface area contributed by atoms with Crippen LogP contribution in [0.2, 0.25) is 0 Å². The van der Waals surface area contributed by atoms with Crippen LogP contribution in [0.5, 0.6) is 0 Å². The summed E-state index contributed by atoms with van der Waals surface area (Å²) < 4.78 is 29.5. The lowest BCUT2D eigenvalue weighted by atomic mass is 10.2. The molecule has 3 aromatic heterocycles. The van der Waals surface area contributed by atoms with Gasteiger partial charge in [0, 0.05) is 18.6 Å². The molecule has 0 radical (unpaired) electrons. The average molecular weight is 355 g/mol. The molecule has 25 heavy (non-hydrogen) atoms. The Balaban J connectivity index is 1.68. The highest BCUT2D eigenvalue weighted by atomic mass is 32.2. The van der Waals surface area contributed by atoms with E-state index in [0.717, 1.165) is 5.39 Å². The lowest BCUT2D eigenvalue weighted by Gasteiger charge is -2.10. The summed E-state index contributed by atoms with van der Waals surface area (Å²) in [5, 5.41) is 11.4. The average Bonchev–Trinajstić information content (AvgIpc) is 3.26. The number of fused-ring (bicyclic) bond motifs is 1. The summed E-state index contributed by atoms with van der Waals surface area (Å²) in [5.41, 5.74) is 1.67. The van der Waals surface area contributed by atoms with E-state index in [1.165, 1.54) is 18.6 Å². The Bertz CT molecular complexity index is 1130. The molecule has 0 spiro atoms. The molecule has 1 aromatic carbocycles. The lowest BCUT2D eigenvalue weighted by molar-refractivity contribution is 0.601. The zero-order valence-electron chi connectivity index (χ0n) is 13.1. The summed E-state index contributed by atoms with van der Waals surface area (Å²) in [6.07, 6.45) is 4.32. The minimum atomic E-state index is -3.78. The van der Waals surface area contributed by atoms with Gasteiger partial charge >= 0.3 is 0 Å². The van der Waals surface area contributed by atoms with Crippen molar-refractivity contribution in [3.8, 4) is 11.5 Å². The van der Waals surface area contributed by atoms with E-state index in [1.54, 1.807) is 36.1 Å². The highest BCUT2D eigenvalue weighted by molar-refractivity contribution is 7.92. The van der Waals surface area contributed by atoms with Gasteiger partial charge in [-0.1, -0.05) is 12.1 Å². The van der Waals surface area contributed by atoms with Gasteiger partial charge in [-0.3, -0.25) is 19.5 Å². The Kier molecular flexibility index (Phi) is 3.46. The number of nitrogens with zero attached hydrogens (tertiary/aromatic N) is 5. The van der Waals surface area contributed by atoms with Crippen molar-refractivity contribution in [2.75, 3.05) is 4.72 Å². The van der Waals surface area contributed by atoms with Gasteiger partial charge in [0.05, 0.1) is 17.4 Å². The van der Waals surface area contributed by atoms with Gasteiger partial charge in [0.1, 0.15) is 16.9 Å². The first-order valence-corrected chi connectivity index (χ1v) is 8.78. The maximum Gasteiger partial charge on any atom is 0.263 e. The van der Waals surface area contributed by atoms with E-state index in [4.69, 9.17) is 0 Å². The number of sulfonamides is 1. The van der Waals surface area contributed by atoms with Crippen LogP contribution in [-0.4, -0.2) is 38.4 Å². The van der Waals surface area contributed by atoms with Gasteiger partial charge < -0.3 is 0 Å². The number of benzene rings is 1. The molecule has 0 fully saturated rings. The van der Waals surface area contributed by atoms with Crippen molar-refractivity contribution in [3.63, 3.8) is 0 Å². The van der Waals surface area contributed by atoms with Gasteiger partial charge in [-0.15, -0.1) is 0 Å². The molecule has 3 heterocycles. The second kappa shape index (κ2) is 5.67. The fraction of sp³-hybridized carbons (Fsp3) is 0.0667. The monoisotopic (exact) mass is 355 g/mol. The number of aromatic nitrogens is 6. The number of para-hydroxylation sites is 1. The molecule has 0 unspecified atom stereocenters. The summed E-state index contributed by atoms with van der Waals surface area (Å²) in [7, 11) is -2.03. The van der Waals surface area contributed by atoms with Gasteiger partial charge in [0.25, 0.3) is 10.0 Å². The SMILES string of the molecule is Cn1ncc2cccc(NS(=O)(=O)c3ccc(-c4ncn[nH]4)nc3)c21. The number of anilines is 1. The number of hydrogen-bond acceptors (Lipinski definition) is 6. The number of aromatic amines is 1. The summed E-state index contributed by atoms with van der Waals surface area (Å²) in [6, 6.07) is 8.37. The zero-order chi connectivity index (χ0) is 17.4. The molecule has 0 amide bonds. The van der Waals surface area contributed by atoms with Gasteiger partial charge in [-0.2, -0.15) is 10.2 Å². The number of nitrogens with one attached hydrogen (secondary N) is 2. The van der Waals surface area contributed by atoms with Crippen LogP contribution >= 0.6 is 0 Å². The zero-order valence-corrected chi connectivity index (χ0v) is 13.9. The van der Waals surface area contributed by atoms with Crippen molar-refractivity contribution in [2.24, 2.45) is 7.05 Å². The molecule has 126 valence electrons. The van der Waals surface area contributed by atoms with Gasteiger partial charge in [0.2, 0.25) is 0 Å². The predicted octanol–water partition coefficient (Wildman–Crippen LogP) is 1.55. The highest BCUT2D eigenvalue weighted by Gasteiger charge is 2.18. The van der Waals surface area contributed by atoms with Crippen molar-refractivity contribution in [1.29, 1.82) is 0 Å². The molecule has 4 aromatic rings. The Morgan fingerprint density at radius 3 is 2.72 bits per heavy atom. The molecule has 0 aliphatic heterocycles. The van der Waals surface area contributed by atoms with E-state index in [0.29, 0.717) is 22.7 Å². The van der Waals surface area contributed by atoms with E-state index in [9.17, 15) is 8.42 Å². The van der Waals surface area contributed by atoms with Crippen molar-refractivity contribution in [1.82, 2.24) is 29.9 Å². The normalized spacial score (nSPS) is 11.7. The smallest absolute Gasteiger partial charge is 0.263 e. The number of H-pyrrole nitrogens is 1. The minimum absolute atomic E-state index is 0.0509. The van der Waals surface area contributed by atoms with Crippen molar-refractivity contribution in [2.45, 2.75) is 4.90 Å². The van der Waals surface area contributed by atoms with Crippen molar-refractivity contribution >= 4 is 26.6 Å². The third kappa shape index (κ3) is 2.72. The fourth-order valence-electron chi connectivity index (χ4n) is 2.53. The highest BCUT2D eigenvalue weighted by Crippen LogP contribution is 2.25. The standard InChI is InChI=1S/C15H13N7O2S/c1-22-14-10(7-19-22)3-2-4-12(14)21-25(23,24)11-5-6-13(16-8-11)15-17-9-18-20-15/h2-9,21H,1H3,(H,17,18,20). The van der Waals surface area contributed by atoms with Gasteiger partial charge in [0.15, 0.2) is 5.82 Å². The molecular formula is C15H13N7O2S. The lowest BCUT2D eigenvalue weighted by Crippen LogP contribution is -2.14. The molecule has 0 aliphatic carbocycles. The topological polar surface area (TPSA) is 118 Å². The number of hydrogen-bond donors (Lipinski definition) is 2. The molecule has 10 heteroatoms. The molecule has 0 aliphatic rings. The Labute approximate surface area is 142 Å². The van der Waals surface area contributed by atoms with E-state index < -0.39 is 10.0 Å². The number of rotatable bonds is 4. The first-order chi connectivity index (χ1) is 12.0. The number of pyridine rings is 1. The van der Waals surface area contributed by atoms with Crippen molar-refractivity contribution < 1.29 is 8.42 Å². The van der Waals surface area contributed by atoms with Crippen LogP contribution in [0.4, 0.5) is 5.69 Å². The van der Waals surface area contributed by atoms with E-state index in [2.05, 4.69) is 30.0 Å². The molecule has 0 atom stereocenters. The second-order valence-electron chi connectivity index (χ2n) is 5.33. The fourth-order valence-corrected chi connectivity index (χ4v) is 3.54. The maximum atomic E-state index is 12.7. The van der Waals surface area contributed by atoms with Crippen LogP contribution in [0.25, 0.3) is 22.4 Å². The summed E-state index contributed by atoms with van der Waals surface area (Å²) in [5.74, 6) is 0.469. The summed E-state index contributed by atoms with van der Waals surface area (Å²) in [4.78, 5) is 8.16. The molecular weight excluding hydrogens is 342 g/mol. The van der Waals surface area contributed by atoms with E-state index in [-0.39, 0.29) is 4.90 Å². The minimum Gasteiger partial charge on any atom is -0.277 e. The van der Waals surface area contributed by atoms with Crippen molar-refractivity contribution in [3.05, 3.63) is 49.1 Å².